The molecule has 80 valence electrons. The van der Waals surface area contributed by atoms with Gasteiger partial charge < -0.3 is 9.84 Å². The quantitative estimate of drug-likeness (QED) is 0.467. The maximum atomic E-state index is 10.6. The van der Waals surface area contributed by atoms with Gasteiger partial charge in [0.2, 0.25) is 0 Å². The Labute approximate surface area is 86.8 Å². The second-order valence-corrected chi connectivity index (χ2v) is 2.79. The molecule has 0 bridgehead atoms. The number of nitro benzene ring substituents is 1. The summed E-state index contributed by atoms with van der Waals surface area (Å²) in [5.41, 5.74) is 0.132. The lowest BCUT2D eigenvalue weighted by atomic mass is 10.2. The second-order valence-electron chi connectivity index (χ2n) is 2.79. The van der Waals surface area contributed by atoms with Crippen LogP contribution in [0.2, 0.25) is 0 Å². The van der Waals surface area contributed by atoms with Crippen LogP contribution in [0, 0.1) is 10.1 Å². The minimum atomic E-state index is -0.548. The number of aliphatic hydroxyl groups is 1. The van der Waals surface area contributed by atoms with Gasteiger partial charge in [0.15, 0.2) is 0 Å². The highest BCUT2D eigenvalue weighted by Crippen LogP contribution is 2.24. The molecule has 0 unspecified atom stereocenters. The van der Waals surface area contributed by atoms with Crippen molar-refractivity contribution in [1.29, 1.82) is 0 Å². The van der Waals surface area contributed by atoms with Crippen LogP contribution in [0.25, 0.3) is 0 Å². The Morgan fingerprint density at radius 1 is 1.60 bits per heavy atom. The molecule has 1 N–H and O–H groups in total. The first kappa shape index (κ1) is 11.2. The third-order valence-electron chi connectivity index (χ3n) is 1.76. The highest BCUT2D eigenvalue weighted by Gasteiger charge is 2.13. The van der Waals surface area contributed by atoms with Crippen LogP contribution in [0.3, 0.4) is 0 Å². The van der Waals surface area contributed by atoms with Crippen LogP contribution >= 0.6 is 0 Å². The van der Waals surface area contributed by atoms with E-state index in [0.717, 1.165) is 0 Å². The first-order chi connectivity index (χ1) is 7.19. The molecule has 1 rings (SSSR count). The molecule has 0 heterocycles. The van der Waals surface area contributed by atoms with Crippen molar-refractivity contribution in [2.45, 2.75) is 13.5 Å². The zero-order valence-electron chi connectivity index (χ0n) is 8.21. The minimum Gasteiger partial charge on any atom is -0.465 e. The standard InChI is InChI=1S/C10H11NO4/c1-2-5-15-9-4-3-8(7-12)10(6-9)11(13)14/h2-6,12H,7H2,1H3. The lowest BCUT2D eigenvalue weighted by molar-refractivity contribution is -0.385. The van der Waals surface area contributed by atoms with Crippen molar-refractivity contribution in [2.24, 2.45) is 0 Å². The van der Waals surface area contributed by atoms with Gasteiger partial charge in [-0.2, -0.15) is 0 Å². The highest BCUT2D eigenvalue weighted by atomic mass is 16.6. The van der Waals surface area contributed by atoms with Crippen LogP contribution in [0.1, 0.15) is 12.5 Å². The summed E-state index contributed by atoms with van der Waals surface area (Å²) in [5, 5.41) is 19.5. The highest BCUT2D eigenvalue weighted by molar-refractivity contribution is 5.45. The summed E-state index contributed by atoms with van der Waals surface area (Å²) in [7, 11) is 0. The number of hydrogen-bond acceptors (Lipinski definition) is 4. The average Bonchev–Trinajstić information content (AvgIpc) is 2.25. The van der Waals surface area contributed by atoms with Gasteiger partial charge in [-0.25, -0.2) is 0 Å². The molecular weight excluding hydrogens is 198 g/mol. The molecule has 0 aromatic heterocycles. The normalized spacial score (nSPS) is 10.5. The fourth-order valence-electron chi connectivity index (χ4n) is 1.07. The monoisotopic (exact) mass is 209 g/mol. The summed E-state index contributed by atoms with van der Waals surface area (Å²) >= 11 is 0. The topological polar surface area (TPSA) is 72.6 Å². The van der Waals surface area contributed by atoms with Crippen molar-refractivity contribution in [3.63, 3.8) is 0 Å². The third-order valence-corrected chi connectivity index (χ3v) is 1.76. The molecule has 0 spiro atoms. The lowest BCUT2D eigenvalue weighted by Crippen LogP contribution is -1.96. The molecule has 1 aromatic rings. The van der Waals surface area contributed by atoms with Crippen LogP contribution in [0.15, 0.2) is 30.5 Å². The van der Waals surface area contributed by atoms with E-state index in [-0.39, 0.29) is 17.9 Å². The number of ether oxygens (including phenoxy) is 1. The van der Waals surface area contributed by atoms with Crippen LogP contribution in [0.4, 0.5) is 5.69 Å². The summed E-state index contributed by atoms with van der Waals surface area (Å²) in [6.45, 7) is 1.41. The Bertz CT molecular complexity index is 387. The van der Waals surface area contributed by atoms with Crippen molar-refractivity contribution >= 4 is 5.69 Å². The molecule has 0 amide bonds. The number of allylic oxidation sites excluding steroid dienone is 1. The summed E-state index contributed by atoms with van der Waals surface area (Å²) in [6, 6.07) is 4.32. The smallest absolute Gasteiger partial charge is 0.278 e. The Morgan fingerprint density at radius 3 is 2.87 bits per heavy atom. The van der Waals surface area contributed by atoms with Crippen molar-refractivity contribution < 1.29 is 14.8 Å². The zero-order chi connectivity index (χ0) is 11.3. The van der Waals surface area contributed by atoms with Gasteiger partial charge in [0.25, 0.3) is 5.69 Å². The van der Waals surface area contributed by atoms with Crippen molar-refractivity contribution in [3.05, 3.63) is 46.2 Å². The molecule has 0 atom stereocenters. The Kier molecular flexibility index (Phi) is 3.82. The van der Waals surface area contributed by atoms with Gasteiger partial charge in [0.1, 0.15) is 5.75 Å². The van der Waals surface area contributed by atoms with E-state index >= 15 is 0 Å². The van der Waals surface area contributed by atoms with E-state index in [2.05, 4.69) is 0 Å². The summed E-state index contributed by atoms with van der Waals surface area (Å²) in [6.07, 6.45) is 3.10. The SMILES string of the molecule is CC=COc1ccc(CO)c([N+](=O)[O-])c1. The van der Waals surface area contributed by atoms with E-state index in [0.29, 0.717) is 5.75 Å². The molecule has 0 saturated carbocycles. The Morgan fingerprint density at radius 2 is 2.33 bits per heavy atom. The van der Waals surface area contributed by atoms with E-state index in [9.17, 15) is 10.1 Å². The van der Waals surface area contributed by atoms with Gasteiger partial charge in [-0.1, -0.05) is 6.08 Å². The molecule has 0 aliphatic rings. The third kappa shape index (κ3) is 2.78. The summed E-state index contributed by atoms with van der Waals surface area (Å²) in [5.74, 6) is 0.372. The molecule has 0 saturated heterocycles. The van der Waals surface area contributed by atoms with E-state index < -0.39 is 4.92 Å². The van der Waals surface area contributed by atoms with Crippen molar-refractivity contribution in [1.82, 2.24) is 0 Å². The maximum absolute atomic E-state index is 10.6. The van der Waals surface area contributed by atoms with Gasteiger partial charge in [-0.15, -0.1) is 0 Å². The summed E-state index contributed by atoms with van der Waals surface area (Å²) in [4.78, 5) is 10.1. The largest absolute Gasteiger partial charge is 0.465 e. The first-order valence-electron chi connectivity index (χ1n) is 4.35. The zero-order valence-corrected chi connectivity index (χ0v) is 8.21. The molecule has 0 aliphatic carbocycles. The molecule has 1 aromatic carbocycles. The molecule has 0 aliphatic heterocycles. The van der Waals surface area contributed by atoms with E-state index in [1.165, 1.54) is 18.4 Å². The minimum absolute atomic E-state index is 0.139. The lowest BCUT2D eigenvalue weighted by Gasteiger charge is -2.02. The predicted molar refractivity (Wildman–Crippen MR) is 54.5 cm³/mol. The van der Waals surface area contributed by atoms with E-state index in [4.69, 9.17) is 9.84 Å². The Balaban J connectivity index is 3.04. The number of aliphatic hydroxyl groups excluding tert-OH is 1. The number of nitrogens with zero attached hydrogens (tertiary/aromatic N) is 1. The van der Waals surface area contributed by atoms with Gasteiger partial charge in [-0.3, -0.25) is 10.1 Å². The predicted octanol–water partition coefficient (Wildman–Crippen LogP) is 2.00. The van der Waals surface area contributed by atoms with Crippen molar-refractivity contribution in [2.75, 3.05) is 0 Å². The van der Waals surface area contributed by atoms with Gasteiger partial charge in [0.05, 0.1) is 29.4 Å². The fourth-order valence-corrected chi connectivity index (χ4v) is 1.07. The molecule has 5 nitrogen and oxygen atoms in total. The second kappa shape index (κ2) is 5.11. The molecule has 0 fully saturated rings. The van der Waals surface area contributed by atoms with Gasteiger partial charge >= 0.3 is 0 Å². The molecule has 0 radical (unpaired) electrons. The maximum Gasteiger partial charge on any atom is 0.278 e. The van der Waals surface area contributed by atoms with E-state index in [1.54, 1.807) is 19.1 Å². The fraction of sp³-hybridized carbons (Fsp3) is 0.200. The molecule has 15 heavy (non-hydrogen) atoms. The first-order valence-corrected chi connectivity index (χ1v) is 4.35. The molecular formula is C10H11NO4. The number of benzene rings is 1. The van der Waals surface area contributed by atoms with Crippen LogP contribution < -0.4 is 4.74 Å². The van der Waals surface area contributed by atoms with Crippen molar-refractivity contribution in [3.8, 4) is 5.75 Å². The van der Waals surface area contributed by atoms with Gasteiger partial charge in [0, 0.05) is 0 Å². The van der Waals surface area contributed by atoms with Crippen LogP contribution in [-0.2, 0) is 6.61 Å². The number of rotatable bonds is 4. The van der Waals surface area contributed by atoms with E-state index in [1.807, 2.05) is 0 Å². The summed E-state index contributed by atoms with van der Waals surface area (Å²) < 4.78 is 5.08. The molecule has 5 heteroatoms. The number of nitro groups is 1. The van der Waals surface area contributed by atoms with Crippen LogP contribution in [0.5, 0.6) is 5.75 Å². The Hall–Kier alpha value is -1.88. The average molecular weight is 209 g/mol. The van der Waals surface area contributed by atoms with Crippen LogP contribution in [-0.4, -0.2) is 10.0 Å². The number of hydrogen-bond donors (Lipinski definition) is 1. The van der Waals surface area contributed by atoms with Gasteiger partial charge in [-0.05, 0) is 19.1 Å².